The molecule has 1 aromatic rings. The second-order valence-corrected chi connectivity index (χ2v) is 4.06. The van der Waals surface area contributed by atoms with Gasteiger partial charge in [-0.2, -0.15) is 5.10 Å². The van der Waals surface area contributed by atoms with Crippen molar-refractivity contribution in [1.29, 1.82) is 0 Å². The third-order valence-corrected chi connectivity index (χ3v) is 2.58. The number of carbonyl (C=O) groups excluding carboxylic acids is 1. The summed E-state index contributed by atoms with van der Waals surface area (Å²) in [6, 6.07) is 1.85. The average Bonchev–Trinajstić information content (AvgIpc) is 2.78. The molecule has 0 aromatic carbocycles. The molecule has 0 bridgehead atoms. The number of nitrogens with one attached hydrogen (secondary N) is 2. The second-order valence-electron chi connectivity index (χ2n) is 4.06. The van der Waals surface area contributed by atoms with Gasteiger partial charge in [-0.3, -0.25) is 9.89 Å². The van der Waals surface area contributed by atoms with E-state index in [0.717, 1.165) is 18.8 Å². The van der Waals surface area contributed by atoms with Crippen LogP contribution in [-0.2, 0) is 11.3 Å². The Morgan fingerprint density at radius 2 is 2.44 bits per heavy atom. The number of aromatic amines is 1. The van der Waals surface area contributed by atoms with Gasteiger partial charge in [0.1, 0.15) is 0 Å². The Labute approximate surface area is 96.2 Å². The summed E-state index contributed by atoms with van der Waals surface area (Å²) in [4.78, 5) is 13.8. The Kier molecular flexibility index (Phi) is 4.98. The predicted octanol–water partition coefficient (Wildman–Crippen LogP) is 0.614. The molecule has 0 aliphatic carbocycles. The fourth-order valence-corrected chi connectivity index (χ4v) is 1.42. The fourth-order valence-electron chi connectivity index (χ4n) is 1.42. The van der Waals surface area contributed by atoms with E-state index in [4.69, 9.17) is 0 Å². The van der Waals surface area contributed by atoms with Crippen LogP contribution in [0.25, 0.3) is 0 Å². The smallest absolute Gasteiger partial charge is 0.224 e. The Hall–Kier alpha value is -1.36. The normalized spacial score (nSPS) is 12.8. The number of rotatable bonds is 6. The van der Waals surface area contributed by atoms with Crippen LogP contribution in [0.1, 0.15) is 19.5 Å². The van der Waals surface area contributed by atoms with Gasteiger partial charge < -0.3 is 10.2 Å². The van der Waals surface area contributed by atoms with Gasteiger partial charge in [-0.1, -0.05) is 13.8 Å². The zero-order valence-electron chi connectivity index (χ0n) is 10.2. The molecule has 0 saturated heterocycles. The van der Waals surface area contributed by atoms with E-state index >= 15 is 0 Å². The number of nitrogens with zero attached hydrogens (tertiary/aromatic N) is 2. The van der Waals surface area contributed by atoms with Crippen LogP contribution in [0.5, 0.6) is 0 Å². The maximum Gasteiger partial charge on any atom is 0.224 e. The van der Waals surface area contributed by atoms with E-state index in [1.54, 1.807) is 6.20 Å². The highest BCUT2D eigenvalue weighted by atomic mass is 16.1. The fraction of sp³-hybridized carbons (Fsp3) is 0.636. The summed E-state index contributed by atoms with van der Waals surface area (Å²) < 4.78 is 0. The van der Waals surface area contributed by atoms with E-state index in [0.29, 0.717) is 6.54 Å². The van der Waals surface area contributed by atoms with Gasteiger partial charge >= 0.3 is 0 Å². The van der Waals surface area contributed by atoms with Crippen LogP contribution in [0.3, 0.4) is 0 Å². The Morgan fingerprint density at radius 3 is 3.00 bits per heavy atom. The number of carbonyl (C=O) groups is 1. The van der Waals surface area contributed by atoms with Gasteiger partial charge in [0.05, 0.1) is 12.2 Å². The Bertz CT molecular complexity index is 310. The van der Waals surface area contributed by atoms with Crippen molar-refractivity contribution in [2.75, 3.05) is 20.1 Å². The molecular formula is C11H20N4O. The van der Waals surface area contributed by atoms with Gasteiger partial charge in [-0.05, 0) is 19.7 Å². The summed E-state index contributed by atoms with van der Waals surface area (Å²) in [6.07, 6.45) is 1.68. The van der Waals surface area contributed by atoms with Crippen molar-refractivity contribution in [3.05, 3.63) is 18.0 Å². The van der Waals surface area contributed by atoms with Crippen LogP contribution in [0.4, 0.5) is 0 Å². The van der Waals surface area contributed by atoms with Gasteiger partial charge in [-0.15, -0.1) is 0 Å². The maximum absolute atomic E-state index is 11.7. The lowest BCUT2D eigenvalue weighted by atomic mass is 10.1. The minimum Gasteiger partial charge on any atom is -0.350 e. The third-order valence-electron chi connectivity index (χ3n) is 2.58. The summed E-state index contributed by atoms with van der Waals surface area (Å²) in [5.74, 6) is 0.0859. The molecule has 0 aliphatic rings. The van der Waals surface area contributed by atoms with Crippen LogP contribution in [0.15, 0.2) is 12.3 Å². The summed E-state index contributed by atoms with van der Waals surface area (Å²) in [7, 11) is 2.01. The zero-order chi connectivity index (χ0) is 12.0. The van der Waals surface area contributed by atoms with Crippen LogP contribution in [0, 0.1) is 5.92 Å². The molecule has 2 N–H and O–H groups in total. The molecule has 5 heteroatoms. The van der Waals surface area contributed by atoms with Gasteiger partial charge in [0.25, 0.3) is 0 Å². The van der Waals surface area contributed by atoms with Gasteiger partial charge in [0.15, 0.2) is 0 Å². The number of aromatic nitrogens is 2. The molecule has 0 radical (unpaired) electrons. The molecule has 1 rings (SSSR count). The molecule has 90 valence electrons. The lowest BCUT2D eigenvalue weighted by Gasteiger charge is -2.18. The van der Waals surface area contributed by atoms with Crippen molar-refractivity contribution in [2.45, 2.75) is 20.4 Å². The number of H-pyrrole nitrogens is 1. The topological polar surface area (TPSA) is 61.0 Å². The first kappa shape index (κ1) is 12.7. The number of hydrogen-bond donors (Lipinski definition) is 2. The SMILES string of the molecule is CCN(C)CC(C)C(=O)NCc1ccn[nH]1. The molecule has 16 heavy (non-hydrogen) atoms. The minimum atomic E-state index is 0.00729. The van der Waals surface area contributed by atoms with E-state index in [2.05, 4.69) is 27.3 Å². The molecule has 1 heterocycles. The van der Waals surface area contributed by atoms with Gasteiger partial charge in [0, 0.05) is 18.7 Å². The van der Waals surface area contributed by atoms with Crippen molar-refractivity contribution in [3.63, 3.8) is 0 Å². The molecule has 1 amide bonds. The highest BCUT2D eigenvalue weighted by molar-refractivity contribution is 5.78. The van der Waals surface area contributed by atoms with Crippen molar-refractivity contribution in [3.8, 4) is 0 Å². The van der Waals surface area contributed by atoms with E-state index in [1.807, 2.05) is 20.0 Å². The number of hydrogen-bond acceptors (Lipinski definition) is 3. The summed E-state index contributed by atoms with van der Waals surface area (Å²) in [5.41, 5.74) is 0.921. The van der Waals surface area contributed by atoms with Gasteiger partial charge in [-0.25, -0.2) is 0 Å². The zero-order valence-corrected chi connectivity index (χ0v) is 10.2. The highest BCUT2D eigenvalue weighted by Crippen LogP contribution is 1.99. The molecular weight excluding hydrogens is 204 g/mol. The van der Waals surface area contributed by atoms with Crippen molar-refractivity contribution >= 4 is 5.91 Å². The lowest BCUT2D eigenvalue weighted by Crippen LogP contribution is -2.35. The average molecular weight is 224 g/mol. The minimum absolute atomic E-state index is 0.00729. The molecule has 1 atom stereocenters. The van der Waals surface area contributed by atoms with E-state index in [-0.39, 0.29) is 11.8 Å². The molecule has 5 nitrogen and oxygen atoms in total. The van der Waals surface area contributed by atoms with Crippen LogP contribution in [-0.4, -0.2) is 41.1 Å². The number of amides is 1. The first-order chi connectivity index (χ1) is 7.63. The van der Waals surface area contributed by atoms with Crippen molar-refractivity contribution in [2.24, 2.45) is 5.92 Å². The Balaban J connectivity index is 2.29. The standard InChI is InChI=1S/C11H20N4O/c1-4-15(3)8-9(2)11(16)12-7-10-5-6-13-14-10/h5-6,9H,4,7-8H2,1-3H3,(H,12,16)(H,13,14). The summed E-state index contributed by atoms with van der Waals surface area (Å²) in [6.45, 7) is 6.27. The van der Waals surface area contributed by atoms with E-state index in [9.17, 15) is 4.79 Å². The molecule has 0 saturated carbocycles. The largest absolute Gasteiger partial charge is 0.350 e. The molecule has 1 unspecified atom stereocenters. The summed E-state index contributed by atoms with van der Waals surface area (Å²) >= 11 is 0. The molecule has 0 aliphatic heterocycles. The quantitative estimate of drug-likeness (QED) is 0.744. The maximum atomic E-state index is 11.7. The monoisotopic (exact) mass is 224 g/mol. The highest BCUT2D eigenvalue weighted by Gasteiger charge is 2.13. The molecule has 1 aromatic heterocycles. The second kappa shape index (κ2) is 6.27. The van der Waals surface area contributed by atoms with Crippen LogP contribution < -0.4 is 5.32 Å². The first-order valence-electron chi connectivity index (χ1n) is 5.58. The first-order valence-corrected chi connectivity index (χ1v) is 5.58. The predicted molar refractivity (Wildman–Crippen MR) is 62.8 cm³/mol. The van der Waals surface area contributed by atoms with E-state index < -0.39 is 0 Å². The molecule has 0 spiro atoms. The third kappa shape index (κ3) is 4.02. The van der Waals surface area contributed by atoms with E-state index in [1.165, 1.54) is 0 Å². The van der Waals surface area contributed by atoms with Gasteiger partial charge in [0.2, 0.25) is 5.91 Å². The lowest BCUT2D eigenvalue weighted by molar-refractivity contribution is -0.125. The molecule has 0 fully saturated rings. The van der Waals surface area contributed by atoms with Crippen molar-refractivity contribution < 1.29 is 4.79 Å². The summed E-state index contributed by atoms with van der Waals surface area (Å²) in [5, 5.41) is 9.51. The van der Waals surface area contributed by atoms with Crippen molar-refractivity contribution in [1.82, 2.24) is 20.4 Å². The van der Waals surface area contributed by atoms with Crippen LogP contribution in [0.2, 0.25) is 0 Å². The Morgan fingerprint density at radius 1 is 1.69 bits per heavy atom. The van der Waals surface area contributed by atoms with Crippen LogP contribution >= 0.6 is 0 Å².